The Bertz CT molecular complexity index is 650. The number of hydrogen-bond acceptors (Lipinski definition) is 3. The molecule has 0 fully saturated rings. The highest BCUT2D eigenvalue weighted by molar-refractivity contribution is 6.09. The lowest BCUT2D eigenvalue weighted by Crippen LogP contribution is -2.14. The van der Waals surface area contributed by atoms with E-state index in [1.165, 1.54) is 7.11 Å². The molecule has 1 N–H and O–H groups in total. The monoisotopic (exact) mass is 283 g/mol. The largest absolute Gasteiger partial charge is 0.497 e. The highest BCUT2D eigenvalue weighted by Crippen LogP contribution is 2.24. The first-order valence-corrected chi connectivity index (χ1v) is 6.73. The SMILES string of the molecule is CCC(=O)c1cc(OC)ccc1NC(=O)c1ccccc1. The summed E-state index contributed by atoms with van der Waals surface area (Å²) in [5, 5.41) is 2.78. The van der Waals surface area contributed by atoms with Gasteiger partial charge in [0.2, 0.25) is 0 Å². The molecule has 0 aliphatic rings. The summed E-state index contributed by atoms with van der Waals surface area (Å²) in [5.74, 6) is 0.299. The van der Waals surface area contributed by atoms with Crippen molar-refractivity contribution in [1.82, 2.24) is 0 Å². The molecule has 2 aromatic rings. The number of methoxy groups -OCH3 is 1. The zero-order valence-corrected chi connectivity index (χ0v) is 12.1. The molecule has 1 amide bonds. The summed E-state index contributed by atoms with van der Waals surface area (Å²) in [6.07, 6.45) is 0.362. The first-order chi connectivity index (χ1) is 10.2. The third kappa shape index (κ3) is 3.48. The zero-order valence-electron chi connectivity index (χ0n) is 12.1. The quantitative estimate of drug-likeness (QED) is 0.854. The van der Waals surface area contributed by atoms with Gasteiger partial charge < -0.3 is 10.1 Å². The Morgan fingerprint density at radius 3 is 2.43 bits per heavy atom. The summed E-state index contributed by atoms with van der Waals surface area (Å²) in [6.45, 7) is 1.78. The number of benzene rings is 2. The number of carbonyl (C=O) groups excluding carboxylic acids is 2. The molecule has 21 heavy (non-hydrogen) atoms. The number of carbonyl (C=O) groups is 2. The highest BCUT2D eigenvalue weighted by atomic mass is 16.5. The molecule has 0 aromatic heterocycles. The summed E-state index contributed by atoms with van der Waals surface area (Å²) in [6, 6.07) is 13.9. The Labute approximate surface area is 123 Å². The van der Waals surface area contributed by atoms with E-state index in [4.69, 9.17) is 4.74 Å². The van der Waals surface area contributed by atoms with Crippen LogP contribution in [0.25, 0.3) is 0 Å². The van der Waals surface area contributed by atoms with Crippen LogP contribution in [-0.4, -0.2) is 18.8 Å². The van der Waals surface area contributed by atoms with Crippen molar-refractivity contribution in [2.45, 2.75) is 13.3 Å². The summed E-state index contributed by atoms with van der Waals surface area (Å²) in [5.41, 5.74) is 1.50. The molecule has 4 heteroatoms. The molecule has 0 atom stereocenters. The molecule has 4 nitrogen and oxygen atoms in total. The van der Waals surface area contributed by atoms with Crippen LogP contribution in [-0.2, 0) is 0 Å². The summed E-state index contributed by atoms with van der Waals surface area (Å²) < 4.78 is 5.13. The number of nitrogens with one attached hydrogen (secondary N) is 1. The van der Waals surface area contributed by atoms with E-state index in [-0.39, 0.29) is 11.7 Å². The van der Waals surface area contributed by atoms with Gasteiger partial charge in [-0.15, -0.1) is 0 Å². The average Bonchev–Trinajstić information content (AvgIpc) is 2.55. The predicted molar refractivity (Wildman–Crippen MR) is 82.0 cm³/mol. The number of anilines is 1. The summed E-state index contributed by atoms with van der Waals surface area (Å²) in [7, 11) is 1.54. The standard InChI is InChI=1S/C17H17NO3/c1-3-16(19)14-11-13(21-2)9-10-15(14)18-17(20)12-7-5-4-6-8-12/h4-11H,3H2,1-2H3,(H,18,20). The van der Waals surface area contributed by atoms with Crippen molar-refractivity contribution in [3.63, 3.8) is 0 Å². The second-order valence-electron chi connectivity index (χ2n) is 4.51. The summed E-state index contributed by atoms with van der Waals surface area (Å²) >= 11 is 0. The van der Waals surface area contributed by atoms with E-state index in [2.05, 4.69) is 5.32 Å². The Kier molecular flexibility index (Phi) is 4.72. The number of ketones is 1. The van der Waals surface area contributed by atoms with E-state index in [1.807, 2.05) is 6.07 Å². The lowest BCUT2D eigenvalue weighted by atomic mass is 10.1. The van der Waals surface area contributed by atoms with Gasteiger partial charge in [-0.2, -0.15) is 0 Å². The molecule has 0 spiro atoms. The molecule has 0 heterocycles. The van der Waals surface area contributed by atoms with E-state index in [1.54, 1.807) is 49.4 Å². The first kappa shape index (κ1) is 14.8. The maximum absolute atomic E-state index is 12.2. The second kappa shape index (κ2) is 6.70. The van der Waals surface area contributed by atoms with Crippen LogP contribution >= 0.6 is 0 Å². The lowest BCUT2D eigenvalue weighted by Gasteiger charge is -2.11. The summed E-state index contributed by atoms with van der Waals surface area (Å²) in [4.78, 5) is 24.2. The molecule has 0 radical (unpaired) electrons. The fourth-order valence-electron chi connectivity index (χ4n) is 1.96. The maximum atomic E-state index is 12.2. The third-order valence-corrected chi connectivity index (χ3v) is 3.13. The number of Topliss-reactive ketones (excluding diaryl/α,β-unsaturated/α-hetero) is 1. The second-order valence-corrected chi connectivity index (χ2v) is 4.51. The third-order valence-electron chi connectivity index (χ3n) is 3.13. The van der Waals surface area contributed by atoms with Gasteiger partial charge in [-0.1, -0.05) is 25.1 Å². The van der Waals surface area contributed by atoms with Crippen LogP contribution < -0.4 is 10.1 Å². The lowest BCUT2D eigenvalue weighted by molar-refractivity contribution is 0.0988. The minimum atomic E-state index is -0.245. The molecule has 0 bridgehead atoms. The smallest absolute Gasteiger partial charge is 0.255 e. The Morgan fingerprint density at radius 2 is 1.81 bits per heavy atom. The van der Waals surface area contributed by atoms with E-state index in [9.17, 15) is 9.59 Å². The molecule has 2 aromatic carbocycles. The minimum Gasteiger partial charge on any atom is -0.497 e. The van der Waals surface area contributed by atoms with Gasteiger partial charge in [0.15, 0.2) is 5.78 Å². The van der Waals surface area contributed by atoms with Gasteiger partial charge >= 0.3 is 0 Å². The molecule has 0 saturated carbocycles. The Hall–Kier alpha value is -2.62. The minimum absolute atomic E-state index is 0.0442. The van der Waals surface area contributed by atoms with Gasteiger partial charge in [0.1, 0.15) is 5.75 Å². The van der Waals surface area contributed by atoms with Crippen LogP contribution in [0.15, 0.2) is 48.5 Å². The Balaban J connectivity index is 2.31. The van der Waals surface area contributed by atoms with E-state index >= 15 is 0 Å². The topological polar surface area (TPSA) is 55.4 Å². The van der Waals surface area contributed by atoms with Gasteiger partial charge in [-0.25, -0.2) is 0 Å². The number of rotatable bonds is 5. The molecule has 0 unspecified atom stereocenters. The van der Waals surface area contributed by atoms with Crippen molar-refractivity contribution < 1.29 is 14.3 Å². The van der Waals surface area contributed by atoms with Gasteiger partial charge in [-0.3, -0.25) is 9.59 Å². The van der Waals surface area contributed by atoms with Crippen molar-refractivity contribution >= 4 is 17.4 Å². The molecular weight excluding hydrogens is 266 g/mol. The van der Waals surface area contributed by atoms with Crippen LogP contribution in [0.5, 0.6) is 5.75 Å². The predicted octanol–water partition coefficient (Wildman–Crippen LogP) is 3.54. The van der Waals surface area contributed by atoms with Crippen molar-refractivity contribution in [2.75, 3.05) is 12.4 Å². The normalized spacial score (nSPS) is 10.0. The van der Waals surface area contributed by atoms with Crippen molar-refractivity contribution in [1.29, 1.82) is 0 Å². The highest BCUT2D eigenvalue weighted by Gasteiger charge is 2.14. The number of ether oxygens (including phenoxy) is 1. The average molecular weight is 283 g/mol. The fraction of sp³-hybridized carbons (Fsp3) is 0.176. The van der Waals surface area contributed by atoms with Crippen LogP contribution in [0.2, 0.25) is 0 Å². The van der Waals surface area contributed by atoms with E-state index in [0.717, 1.165) is 0 Å². The van der Waals surface area contributed by atoms with Gasteiger partial charge in [0, 0.05) is 17.5 Å². The molecule has 0 saturated heterocycles. The van der Waals surface area contributed by atoms with Crippen LogP contribution in [0.1, 0.15) is 34.1 Å². The van der Waals surface area contributed by atoms with Crippen LogP contribution in [0.3, 0.4) is 0 Å². The molecule has 2 rings (SSSR count). The van der Waals surface area contributed by atoms with E-state index < -0.39 is 0 Å². The van der Waals surface area contributed by atoms with Gasteiger partial charge in [0.05, 0.1) is 12.8 Å². The van der Waals surface area contributed by atoms with Gasteiger partial charge in [-0.05, 0) is 30.3 Å². The van der Waals surface area contributed by atoms with Gasteiger partial charge in [0.25, 0.3) is 5.91 Å². The van der Waals surface area contributed by atoms with Crippen molar-refractivity contribution in [3.05, 3.63) is 59.7 Å². The van der Waals surface area contributed by atoms with Crippen LogP contribution in [0, 0.1) is 0 Å². The molecule has 0 aliphatic carbocycles. The van der Waals surface area contributed by atoms with E-state index in [0.29, 0.717) is 29.0 Å². The van der Waals surface area contributed by atoms with Crippen LogP contribution in [0.4, 0.5) is 5.69 Å². The maximum Gasteiger partial charge on any atom is 0.255 e. The van der Waals surface area contributed by atoms with Crippen molar-refractivity contribution in [2.24, 2.45) is 0 Å². The number of amides is 1. The van der Waals surface area contributed by atoms with Crippen molar-refractivity contribution in [3.8, 4) is 5.75 Å². The molecular formula is C17H17NO3. The first-order valence-electron chi connectivity index (χ1n) is 6.73. The number of hydrogen-bond donors (Lipinski definition) is 1. The fourth-order valence-corrected chi connectivity index (χ4v) is 1.96. The molecule has 108 valence electrons. The molecule has 0 aliphatic heterocycles. The Morgan fingerprint density at radius 1 is 1.10 bits per heavy atom. The zero-order chi connectivity index (χ0) is 15.2.